The van der Waals surface area contributed by atoms with Gasteiger partial charge in [-0.2, -0.15) is 0 Å². The van der Waals surface area contributed by atoms with Crippen molar-refractivity contribution < 1.29 is 9.50 Å². The normalized spacial score (nSPS) is 22.3. The van der Waals surface area contributed by atoms with E-state index in [0.717, 1.165) is 37.1 Å². The Kier molecular flexibility index (Phi) is 4.19. The van der Waals surface area contributed by atoms with Crippen LogP contribution in [0.15, 0.2) is 24.9 Å². The van der Waals surface area contributed by atoms with E-state index >= 15 is 0 Å². The second-order valence-electron chi connectivity index (χ2n) is 7.08. The molecule has 1 aliphatic rings. The van der Waals surface area contributed by atoms with E-state index in [1.807, 2.05) is 19.9 Å². The smallest absolute Gasteiger partial charge is 0.150 e. The molecule has 0 aliphatic heterocycles. The lowest BCUT2D eigenvalue weighted by Gasteiger charge is -2.35. The molecule has 1 aromatic carbocycles. The summed E-state index contributed by atoms with van der Waals surface area (Å²) in [4.78, 5) is 8.94. The van der Waals surface area contributed by atoms with Crippen LogP contribution in [0.3, 0.4) is 0 Å². The summed E-state index contributed by atoms with van der Waals surface area (Å²) >= 11 is 0. The Balaban J connectivity index is 1.85. The first-order valence-corrected chi connectivity index (χ1v) is 8.19. The van der Waals surface area contributed by atoms with Crippen molar-refractivity contribution in [2.24, 2.45) is 5.92 Å². The lowest BCUT2D eigenvalue weighted by Crippen LogP contribution is -2.33. The van der Waals surface area contributed by atoms with E-state index in [1.54, 1.807) is 12.3 Å². The Bertz CT molecular complexity index is 728. The number of hydrogen-bond acceptors (Lipinski definition) is 3. The molecule has 1 aromatic heterocycles. The summed E-state index contributed by atoms with van der Waals surface area (Å²) in [6, 6.07) is 3.30. The predicted octanol–water partition coefficient (Wildman–Crippen LogP) is 4.46. The molecule has 3 rings (SSSR count). The van der Waals surface area contributed by atoms with Crippen LogP contribution in [-0.4, -0.2) is 20.7 Å². The van der Waals surface area contributed by atoms with Crippen molar-refractivity contribution in [3.05, 3.63) is 42.1 Å². The van der Waals surface area contributed by atoms with Gasteiger partial charge in [-0.05, 0) is 63.1 Å². The van der Waals surface area contributed by atoms with Crippen molar-refractivity contribution in [3.8, 4) is 0 Å². The van der Waals surface area contributed by atoms with Gasteiger partial charge in [-0.15, -0.1) is 0 Å². The Hall–Kier alpha value is -1.81. The fraction of sp³-hybridized carbons (Fsp3) is 0.474. The van der Waals surface area contributed by atoms with Crippen LogP contribution in [0.5, 0.6) is 0 Å². The average molecular weight is 314 g/mol. The quantitative estimate of drug-likeness (QED) is 0.910. The van der Waals surface area contributed by atoms with Crippen LogP contribution in [0.4, 0.5) is 4.39 Å². The average Bonchev–Trinajstić information content (AvgIpc) is 2.53. The zero-order chi connectivity index (χ0) is 16.6. The Morgan fingerprint density at radius 1 is 1.26 bits per heavy atom. The van der Waals surface area contributed by atoms with Crippen molar-refractivity contribution in [3.63, 3.8) is 0 Å². The standard InChI is InChI=1S/C19H23FN2O/c1-4-12-9-14-11-21-18(22-17(14)16(20)10-12)13-5-7-15(8-6-13)19(2,3)23/h4,9-11,13,15,23H,1,5-8H2,2-3H3. The molecular formula is C19H23FN2O. The van der Waals surface area contributed by atoms with Gasteiger partial charge in [-0.25, -0.2) is 14.4 Å². The fourth-order valence-electron chi connectivity index (χ4n) is 3.51. The van der Waals surface area contributed by atoms with E-state index in [-0.39, 0.29) is 11.7 Å². The van der Waals surface area contributed by atoms with Crippen molar-refractivity contribution in [1.82, 2.24) is 9.97 Å². The highest BCUT2D eigenvalue weighted by Gasteiger charge is 2.32. The summed E-state index contributed by atoms with van der Waals surface area (Å²) in [7, 11) is 0. The highest BCUT2D eigenvalue weighted by Crippen LogP contribution is 2.39. The molecule has 4 heteroatoms. The molecule has 0 radical (unpaired) electrons. The van der Waals surface area contributed by atoms with E-state index in [2.05, 4.69) is 16.5 Å². The second kappa shape index (κ2) is 6.00. The third kappa shape index (κ3) is 3.27. The molecule has 0 atom stereocenters. The first-order valence-electron chi connectivity index (χ1n) is 8.19. The van der Waals surface area contributed by atoms with E-state index in [4.69, 9.17) is 0 Å². The Morgan fingerprint density at radius 3 is 2.57 bits per heavy atom. The molecule has 0 bridgehead atoms. The van der Waals surface area contributed by atoms with Crippen LogP contribution in [-0.2, 0) is 0 Å². The highest BCUT2D eigenvalue weighted by atomic mass is 19.1. The van der Waals surface area contributed by atoms with Crippen LogP contribution in [0.25, 0.3) is 17.0 Å². The van der Waals surface area contributed by atoms with Gasteiger partial charge in [0, 0.05) is 17.5 Å². The summed E-state index contributed by atoms with van der Waals surface area (Å²) in [6.45, 7) is 7.41. The summed E-state index contributed by atoms with van der Waals surface area (Å²) in [5.41, 5.74) is 0.477. The number of benzene rings is 1. The van der Waals surface area contributed by atoms with Gasteiger partial charge in [0.05, 0.1) is 5.60 Å². The summed E-state index contributed by atoms with van der Waals surface area (Å²) in [6.07, 6.45) is 7.10. The molecule has 0 spiro atoms. The van der Waals surface area contributed by atoms with Gasteiger partial charge >= 0.3 is 0 Å². The lowest BCUT2D eigenvalue weighted by molar-refractivity contribution is -0.00189. The van der Waals surface area contributed by atoms with Crippen molar-refractivity contribution in [2.45, 2.75) is 51.0 Å². The molecule has 122 valence electrons. The number of aliphatic hydroxyl groups is 1. The number of rotatable bonds is 3. The summed E-state index contributed by atoms with van der Waals surface area (Å²) < 4.78 is 14.2. The third-order valence-corrected chi connectivity index (χ3v) is 5.00. The number of nitrogens with zero attached hydrogens (tertiary/aromatic N) is 2. The van der Waals surface area contributed by atoms with Gasteiger partial charge in [-0.3, -0.25) is 0 Å². The largest absolute Gasteiger partial charge is 0.390 e. The van der Waals surface area contributed by atoms with E-state index in [1.165, 1.54) is 6.07 Å². The molecule has 0 saturated heterocycles. The first-order chi connectivity index (χ1) is 10.9. The van der Waals surface area contributed by atoms with Crippen LogP contribution >= 0.6 is 0 Å². The van der Waals surface area contributed by atoms with Gasteiger partial charge in [0.1, 0.15) is 17.2 Å². The fourth-order valence-corrected chi connectivity index (χ4v) is 3.51. The van der Waals surface area contributed by atoms with Gasteiger partial charge in [0.15, 0.2) is 0 Å². The van der Waals surface area contributed by atoms with Crippen molar-refractivity contribution in [1.29, 1.82) is 0 Å². The summed E-state index contributed by atoms with van der Waals surface area (Å²) in [5.74, 6) is 0.950. The molecule has 1 aliphatic carbocycles. The SMILES string of the molecule is C=Cc1cc(F)c2nc(C3CCC(C(C)(C)O)CC3)ncc2c1. The van der Waals surface area contributed by atoms with Crippen LogP contribution in [0.2, 0.25) is 0 Å². The van der Waals surface area contributed by atoms with Gasteiger partial charge in [0.2, 0.25) is 0 Å². The molecule has 2 aromatic rings. The molecule has 0 amide bonds. The molecule has 1 N–H and O–H groups in total. The van der Waals surface area contributed by atoms with Crippen LogP contribution < -0.4 is 0 Å². The molecular weight excluding hydrogens is 291 g/mol. The maximum absolute atomic E-state index is 14.2. The molecule has 23 heavy (non-hydrogen) atoms. The van der Waals surface area contributed by atoms with Crippen molar-refractivity contribution >= 4 is 17.0 Å². The van der Waals surface area contributed by atoms with Gasteiger partial charge < -0.3 is 5.11 Å². The zero-order valence-corrected chi connectivity index (χ0v) is 13.7. The molecule has 0 unspecified atom stereocenters. The number of fused-ring (bicyclic) bond motifs is 1. The minimum absolute atomic E-state index is 0.247. The van der Waals surface area contributed by atoms with E-state index in [9.17, 15) is 9.50 Å². The minimum Gasteiger partial charge on any atom is -0.390 e. The monoisotopic (exact) mass is 314 g/mol. The number of hydrogen-bond donors (Lipinski definition) is 1. The third-order valence-electron chi connectivity index (χ3n) is 5.00. The topological polar surface area (TPSA) is 46.0 Å². The van der Waals surface area contributed by atoms with Gasteiger partial charge in [-0.1, -0.05) is 12.7 Å². The molecule has 1 saturated carbocycles. The Morgan fingerprint density at radius 2 is 1.96 bits per heavy atom. The first kappa shape index (κ1) is 16.1. The zero-order valence-electron chi connectivity index (χ0n) is 13.7. The number of halogens is 1. The Labute approximate surface area is 136 Å². The number of aromatic nitrogens is 2. The molecule has 1 fully saturated rings. The maximum Gasteiger partial charge on any atom is 0.150 e. The lowest BCUT2D eigenvalue weighted by atomic mass is 9.74. The van der Waals surface area contributed by atoms with Gasteiger partial charge in [0.25, 0.3) is 0 Å². The van der Waals surface area contributed by atoms with Crippen molar-refractivity contribution in [2.75, 3.05) is 0 Å². The van der Waals surface area contributed by atoms with Crippen LogP contribution in [0.1, 0.15) is 56.8 Å². The van der Waals surface area contributed by atoms with E-state index < -0.39 is 5.60 Å². The highest BCUT2D eigenvalue weighted by molar-refractivity contribution is 5.81. The van der Waals surface area contributed by atoms with Crippen LogP contribution in [0, 0.1) is 11.7 Å². The maximum atomic E-state index is 14.2. The summed E-state index contributed by atoms with van der Waals surface area (Å²) in [5, 5.41) is 10.8. The molecule has 1 heterocycles. The van der Waals surface area contributed by atoms with E-state index in [0.29, 0.717) is 16.8 Å². The minimum atomic E-state index is -0.636. The second-order valence-corrected chi connectivity index (χ2v) is 7.08. The molecule has 3 nitrogen and oxygen atoms in total. The predicted molar refractivity (Wildman–Crippen MR) is 90.6 cm³/mol.